The normalized spacial score (nSPS) is 13.7. The van der Waals surface area contributed by atoms with Gasteiger partial charge >= 0.3 is 0 Å². The molecule has 29 heavy (non-hydrogen) atoms. The lowest BCUT2D eigenvalue weighted by molar-refractivity contribution is 0.0947. The number of carbonyl (C=O) groups is 1. The van der Waals surface area contributed by atoms with Crippen LogP contribution in [-0.2, 0) is 6.54 Å². The Morgan fingerprint density at radius 1 is 1.10 bits per heavy atom. The van der Waals surface area contributed by atoms with Crippen LogP contribution in [-0.4, -0.2) is 11.1 Å². The first-order valence-electron chi connectivity index (χ1n) is 9.79. The molecule has 0 bridgehead atoms. The van der Waals surface area contributed by atoms with Gasteiger partial charge in [-0.05, 0) is 49.2 Å². The molecule has 0 atom stereocenters. The summed E-state index contributed by atoms with van der Waals surface area (Å²) in [4.78, 5) is 12.4. The third-order valence-electron chi connectivity index (χ3n) is 5.05. The molecule has 1 amide bonds. The molecule has 4 rings (SSSR count). The Hall–Kier alpha value is -2.84. The summed E-state index contributed by atoms with van der Waals surface area (Å²) in [5, 5.41) is 6.94. The second kappa shape index (κ2) is 9.11. The minimum Gasteiger partial charge on any atom is -0.359 e. The van der Waals surface area contributed by atoms with Gasteiger partial charge in [0, 0.05) is 33.1 Å². The summed E-state index contributed by atoms with van der Waals surface area (Å²) in [5.41, 5.74) is 3.25. The maximum absolute atomic E-state index is 12.4. The van der Waals surface area contributed by atoms with E-state index in [1.807, 2.05) is 54.6 Å². The highest BCUT2D eigenvalue weighted by Crippen LogP contribution is 2.24. The topological polar surface area (TPSA) is 55.1 Å². The van der Waals surface area contributed by atoms with E-state index < -0.39 is 0 Å². The van der Waals surface area contributed by atoms with Gasteiger partial charge in [0.2, 0.25) is 0 Å². The first-order chi connectivity index (χ1) is 14.2. The molecule has 0 saturated heterocycles. The lowest BCUT2D eigenvalue weighted by atomic mass is 10.1. The zero-order valence-electron chi connectivity index (χ0n) is 16.0. The lowest BCUT2D eigenvalue weighted by Gasteiger charge is -2.03. The van der Waals surface area contributed by atoms with E-state index in [0.717, 1.165) is 21.3 Å². The number of carbonyl (C=O) groups excluding carboxylic acids is 1. The highest BCUT2D eigenvalue weighted by atomic mass is 79.9. The summed E-state index contributed by atoms with van der Waals surface area (Å²) in [6.45, 7) is 0.283. The van der Waals surface area contributed by atoms with Crippen LogP contribution in [0, 0.1) is 17.8 Å². The first kappa shape index (κ1) is 19.5. The van der Waals surface area contributed by atoms with E-state index in [1.54, 1.807) is 0 Å². The molecule has 1 heterocycles. The first-order valence-corrected chi connectivity index (χ1v) is 10.6. The fraction of sp³-hybridized carbons (Fsp3) is 0.250. The number of halogens is 1. The van der Waals surface area contributed by atoms with Crippen molar-refractivity contribution in [1.82, 2.24) is 10.5 Å². The summed E-state index contributed by atoms with van der Waals surface area (Å²) in [5.74, 6) is 7.55. The number of nitrogens with one attached hydrogen (secondary N) is 1. The van der Waals surface area contributed by atoms with E-state index in [4.69, 9.17) is 4.52 Å². The molecule has 4 nitrogen and oxygen atoms in total. The standard InChI is InChI=1S/C24H21BrN2O2/c25-21-13-11-19(12-14-21)23-15-22(29-27-23)16-26-24(28)20-9-7-18(8-10-20)6-5-17-3-1-2-4-17/h7-15,17H,1-4,16H2,(H,26,28). The van der Waals surface area contributed by atoms with Crippen molar-refractivity contribution in [2.75, 3.05) is 0 Å². The van der Waals surface area contributed by atoms with E-state index in [-0.39, 0.29) is 12.5 Å². The molecule has 0 spiro atoms. The van der Waals surface area contributed by atoms with Gasteiger partial charge in [-0.25, -0.2) is 0 Å². The van der Waals surface area contributed by atoms with Gasteiger partial charge in [0.15, 0.2) is 5.76 Å². The molecule has 0 unspecified atom stereocenters. The van der Waals surface area contributed by atoms with E-state index in [2.05, 4.69) is 38.2 Å². The SMILES string of the molecule is O=C(NCc1cc(-c2ccc(Br)cc2)no1)c1ccc(C#CC2CCCC2)cc1. The molecule has 1 fully saturated rings. The average molecular weight is 449 g/mol. The molecule has 0 radical (unpaired) electrons. The van der Waals surface area contributed by atoms with Crippen molar-refractivity contribution in [1.29, 1.82) is 0 Å². The van der Waals surface area contributed by atoms with E-state index in [1.165, 1.54) is 25.7 Å². The van der Waals surface area contributed by atoms with Crippen molar-refractivity contribution in [3.05, 3.63) is 76.0 Å². The molecule has 1 saturated carbocycles. The van der Waals surface area contributed by atoms with Crippen LogP contribution in [0.15, 0.2) is 63.6 Å². The summed E-state index contributed by atoms with van der Waals surface area (Å²) in [6.07, 6.45) is 4.99. The third-order valence-corrected chi connectivity index (χ3v) is 5.57. The Morgan fingerprint density at radius 2 is 1.83 bits per heavy atom. The van der Waals surface area contributed by atoms with E-state index >= 15 is 0 Å². The fourth-order valence-corrected chi connectivity index (χ4v) is 3.65. The van der Waals surface area contributed by atoms with Crippen molar-refractivity contribution in [3.8, 4) is 23.1 Å². The number of nitrogens with zero attached hydrogens (tertiary/aromatic N) is 1. The Morgan fingerprint density at radius 3 is 2.55 bits per heavy atom. The van der Waals surface area contributed by atoms with Crippen molar-refractivity contribution in [3.63, 3.8) is 0 Å². The van der Waals surface area contributed by atoms with Crippen LogP contribution in [0.5, 0.6) is 0 Å². The summed E-state index contributed by atoms with van der Waals surface area (Å²) < 4.78 is 6.35. The third kappa shape index (κ3) is 5.16. The second-order valence-corrected chi connectivity index (χ2v) is 8.11. The molecular formula is C24H21BrN2O2. The van der Waals surface area contributed by atoms with Crippen molar-refractivity contribution in [2.45, 2.75) is 32.2 Å². The summed E-state index contributed by atoms with van der Waals surface area (Å²) in [7, 11) is 0. The van der Waals surface area contributed by atoms with Gasteiger partial charge < -0.3 is 9.84 Å². The zero-order valence-corrected chi connectivity index (χ0v) is 17.5. The van der Waals surface area contributed by atoms with Gasteiger partial charge in [-0.2, -0.15) is 0 Å². The molecule has 1 aromatic heterocycles. The molecule has 1 aliphatic carbocycles. The molecule has 1 aliphatic rings. The van der Waals surface area contributed by atoms with Gasteiger partial charge in [0.05, 0.1) is 6.54 Å². The Bertz CT molecular complexity index is 1040. The van der Waals surface area contributed by atoms with Crippen molar-refractivity contribution in [2.24, 2.45) is 5.92 Å². The molecular weight excluding hydrogens is 428 g/mol. The Balaban J connectivity index is 1.33. The maximum Gasteiger partial charge on any atom is 0.251 e. The predicted molar refractivity (Wildman–Crippen MR) is 116 cm³/mol. The molecule has 0 aliphatic heterocycles. The molecule has 5 heteroatoms. The van der Waals surface area contributed by atoms with Crippen LogP contribution >= 0.6 is 15.9 Å². The number of hydrogen-bond donors (Lipinski definition) is 1. The quantitative estimate of drug-likeness (QED) is 0.530. The van der Waals surface area contributed by atoms with Crippen LogP contribution in [0.2, 0.25) is 0 Å². The van der Waals surface area contributed by atoms with Crippen molar-refractivity contribution < 1.29 is 9.32 Å². The van der Waals surface area contributed by atoms with Gasteiger partial charge in [-0.1, -0.05) is 57.9 Å². The molecule has 1 N–H and O–H groups in total. The van der Waals surface area contributed by atoms with Gasteiger partial charge in [-0.3, -0.25) is 4.79 Å². The van der Waals surface area contributed by atoms with Gasteiger partial charge in [-0.15, -0.1) is 0 Å². The molecule has 146 valence electrons. The monoisotopic (exact) mass is 448 g/mol. The van der Waals surface area contributed by atoms with Crippen LogP contribution in [0.25, 0.3) is 11.3 Å². The van der Waals surface area contributed by atoms with Crippen molar-refractivity contribution >= 4 is 21.8 Å². The maximum atomic E-state index is 12.4. The van der Waals surface area contributed by atoms with Crippen LogP contribution in [0.4, 0.5) is 0 Å². The van der Waals surface area contributed by atoms with Crippen LogP contribution < -0.4 is 5.32 Å². The number of rotatable bonds is 4. The highest BCUT2D eigenvalue weighted by Gasteiger charge is 2.12. The summed E-state index contributed by atoms with van der Waals surface area (Å²) in [6, 6.07) is 17.1. The average Bonchev–Trinajstić information content (AvgIpc) is 3.44. The number of benzene rings is 2. The van der Waals surface area contributed by atoms with E-state index in [9.17, 15) is 4.79 Å². The van der Waals surface area contributed by atoms with Crippen LogP contribution in [0.1, 0.15) is 47.4 Å². The minimum absolute atomic E-state index is 0.151. The largest absolute Gasteiger partial charge is 0.359 e. The highest BCUT2D eigenvalue weighted by molar-refractivity contribution is 9.10. The number of amides is 1. The smallest absolute Gasteiger partial charge is 0.251 e. The minimum atomic E-state index is -0.151. The Labute approximate surface area is 178 Å². The fourth-order valence-electron chi connectivity index (χ4n) is 3.38. The lowest BCUT2D eigenvalue weighted by Crippen LogP contribution is -2.22. The van der Waals surface area contributed by atoms with Gasteiger partial charge in [0.25, 0.3) is 5.91 Å². The van der Waals surface area contributed by atoms with Gasteiger partial charge in [0.1, 0.15) is 5.69 Å². The number of aromatic nitrogens is 1. The molecule has 2 aromatic carbocycles. The number of hydrogen-bond acceptors (Lipinski definition) is 3. The predicted octanol–water partition coefficient (Wildman–Crippen LogP) is 5.58. The second-order valence-electron chi connectivity index (χ2n) is 7.20. The summed E-state index contributed by atoms with van der Waals surface area (Å²) >= 11 is 3.42. The van der Waals surface area contributed by atoms with Crippen LogP contribution in [0.3, 0.4) is 0 Å². The molecule has 3 aromatic rings. The van der Waals surface area contributed by atoms with E-state index in [0.29, 0.717) is 17.2 Å². The Kier molecular flexibility index (Phi) is 6.12. The zero-order chi connectivity index (χ0) is 20.1.